The molecule has 2 aliphatic heterocycles. The van der Waals surface area contributed by atoms with Gasteiger partial charge in [-0.05, 0) is 38.3 Å². The maximum Gasteiger partial charge on any atom is 0.409 e. The minimum atomic E-state index is -0.917. The number of hydrogen-bond donors (Lipinski definition) is 2. The summed E-state index contributed by atoms with van der Waals surface area (Å²) in [5, 5.41) is 15.5. The monoisotopic (exact) mass is 392 g/mol. The summed E-state index contributed by atoms with van der Waals surface area (Å²) in [6, 6.07) is 2.23. The van der Waals surface area contributed by atoms with Crippen LogP contribution >= 0.6 is 0 Å². The Morgan fingerprint density at radius 2 is 1.89 bits per heavy atom. The summed E-state index contributed by atoms with van der Waals surface area (Å²) in [4.78, 5) is 27.4. The molecule has 0 aromatic carbocycles. The van der Waals surface area contributed by atoms with E-state index in [0.717, 1.165) is 12.8 Å². The van der Waals surface area contributed by atoms with Gasteiger partial charge in [0.05, 0.1) is 19.3 Å². The van der Waals surface area contributed by atoms with Crippen LogP contribution in [0.15, 0.2) is 0 Å². The van der Waals surface area contributed by atoms with E-state index in [4.69, 9.17) is 9.47 Å². The quantitative estimate of drug-likeness (QED) is 0.736. The Balaban J connectivity index is 1.63. The molecule has 3 fully saturated rings. The number of ether oxygens (including phenoxy) is 2. The number of alkyl carbamates (subject to hydrolysis) is 1. The second kappa shape index (κ2) is 10.1. The van der Waals surface area contributed by atoms with E-state index in [0.29, 0.717) is 64.6 Å². The van der Waals surface area contributed by atoms with Crippen LogP contribution in [0.4, 0.5) is 4.79 Å². The minimum absolute atomic E-state index is 0.139. The number of morpholine rings is 1. The third-order valence-electron chi connectivity index (χ3n) is 6.13. The molecular weight excluding hydrogens is 360 g/mol. The zero-order chi connectivity index (χ0) is 19.8. The largest absolute Gasteiger partial charge is 0.436 e. The van der Waals surface area contributed by atoms with Gasteiger partial charge in [0.2, 0.25) is 0 Å². The molecule has 1 unspecified atom stereocenters. The number of carbonyl (C=O) groups is 2. The van der Waals surface area contributed by atoms with Crippen molar-refractivity contribution in [1.29, 1.82) is 5.26 Å². The van der Waals surface area contributed by atoms with Crippen LogP contribution in [0, 0.1) is 17.2 Å². The molecule has 8 nitrogen and oxygen atoms in total. The normalized spacial score (nSPS) is 24.0. The van der Waals surface area contributed by atoms with Crippen LogP contribution in [0.1, 0.15) is 51.4 Å². The van der Waals surface area contributed by atoms with Gasteiger partial charge in [0.25, 0.3) is 5.91 Å². The van der Waals surface area contributed by atoms with Gasteiger partial charge in [0, 0.05) is 13.1 Å². The summed E-state index contributed by atoms with van der Waals surface area (Å²) in [7, 11) is 0. The molecule has 0 bridgehead atoms. The molecule has 8 heteroatoms. The molecular formula is C20H32N4O4. The minimum Gasteiger partial charge on any atom is -0.436 e. The first-order valence-electron chi connectivity index (χ1n) is 10.6. The van der Waals surface area contributed by atoms with Crippen molar-refractivity contribution in [2.45, 2.75) is 63.0 Å². The van der Waals surface area contributed by atoms with E-state index in [1.54, 1.807) is 4.90 Å². The van der Waals surface area contributed by atoms with Crippen LogP contribution in [0.3, 0.4) is 0 Å². The van der Waals surface area contributed by atoms with Crippen LogP contribution in [0.25, 0.3) is 0 Å². The lowest BCUT2D eigenvalue weighted by atomic mass is 9.85. The molecule has 0 spiro atoms. The van der Waals surface area contributed by atoms with Gasteiger partial charge in [-0.1, -0.05) is 32.1 Å². The van der Waals surface area contributed by atoms with Crippen molar-refractivity contribution in [1.82, 2.24) is 15.5 Å². The summed E-state index contributed by atoms with van der Waals surface area (Å²) in [6.07, 6.45) is 5.89. The Bertz CT molecular complexity index is 573. The summed E-state index contributed by atoms with van der Waals surface area (Å²) in [5.41, 5.74) is -0.917. The maximum atomic E-state index is 13.0. The number of nitrogens with one attached hydrogen (secondary N) is 2. The first kappa shape index (κ1) is 20.9. The van der Waals surface area contributed by atoms with Crippen molar-refractivity contribution in [2.75, 3.05) is 39.4 Å². The summed E-state index contributed by atoms with van der Waals surface area (Å²) >= 11 is 0. The molecule has 0 aromatic rings. The van der Waals surface area contributed by atoms with E-state index in [-0.39, 0.29) is 5.91 Å². The molecule has 156 valence electrons. The number of piperidine rings is 1. The van der Waals surface area contributed by atoms with E-state index in [2.05, 4.69) is 16.7 Å². The van der Waals surface area contributed by atoms with Crippen molar-refractivity contribution in [3.8, 4) is 6.07 Å². The zero-order valence-corrected chi connectivity index (χ0v) is 16.6. The van der Waals surface area contributed by atoms with Crippen molar-refractivity contribution in [2.24, 2.45) is 5.92 Å². The Kier molecular flexibility index (Phi) is 7.51. The van der Waals surface area contributed by atoms with Crippen molar-refractivity contribution in [3.05, 3.63) is 0 Å². The predicted molar refractivity (Wildman–Crippen MR) is 102 cm³/mol. The second-order valence-electron chi connectivity index (χ2n) is 8.14. The number of hydrogen-bond acceptors (Lipinski definition) is 6. The van der Waals surface area contributed by atoms with Crippen LogP contribution in [-0.2, 0) is 14.3 Å². The standard InChI is InChI=1S/C20H32N4O4/c21-15-20(6-8-22-9-7-20)23-19(26)28-17(14-16-4-2-1-3-5-16)18(25)24-10-12-27-13-11-24/h16-17,22H,1-14H2,(H,23,26). The van der Waals surface area contributed by atoms with Crippen molar-refractivity contribution in [3.63, 3.8) is 0 Å². The van der Waals surface area contributed by atoms with Crippen molar-refractivity contribution < 1.29 is 19.1 Å². The topological polar surface area (TPSA) is 104 Å². The molecule has 28 heavy (non-hydrogen) atoms. The van der Waals surface area contributed by atoms with Gasteiger partial charge >= 0.3 is 6.09 Å². The van der Waals surface area contributed by atoms with Gasteiger partial charge in [-0.2, -0.15) is 5.26 Å². The smallest absolute Gasteiger partial charge is 0.409 e. The highest BCUT2D eigenvalue weighted by Gasteiger charge is 2.37. The molecule has 2 saturated heterocycles. The Labute approximate surface area is 166 Å². The predicted octanol–water partition coefficient (Wildman–Crippen LogP) is 1.56. The van der Waals surface area contributed by atoms with E-state index >= 15 is 0 Å². The van der Waals surface area contributed by atoms with Gasteiger partial charge in [-0.25, -0.2) is 4.79 Å². The number of amides is 2. The maximum absolute atomic E-state index is 13.0. The van der Waals surface area contributed by atoms with Crippen molar-refractivity contribution >= 4 is 12.0 Å². The lowest BCUT2D eigenvalue weighted by Crippen LogP contribution is -2.55. The lowest BCUT2D eigenvalue weighted by Gasteiger charge is -2.34. The average molecular weight is 393 g/mol. The summed E-state index contributed by atoms with van der Waals surface area (Å²) < 4.78 is 11.0. The number of nitrogens with zero attached hydrogens (tertiary/aromatic N) is 2. The summed E-state index contributed by atoms with van der Waals surface area (Å²) in [6.45, 7) is 3.42. The number of rotatable bonds is 5. The fourth-order valence-corrected chi connectivity index (χ4v) is 4.38. The van der Waals surface area contributed by atoms with Gasteiger partial charge in [-0.3, -0.25) is 4.79 Å². The fourth-order valence-electron chi connectivity index (χ4n) is 4.38. The highest BCUT2D eigenvalue weighted by molar-refractivity contribution is 5.83. The van der Waals surface area contributed by atoms with Gasteiger partial charge in [0.1, 0.15) is 5.54 Å². The van der Waals surface area contributed by atoms with Gasteiger partial charge < -0.3 is 25.0 Å². The molecule has 0 radical (unpaired) electrons. The molecule has 2 heterocycles. The Morgan fingerprint density at radius 3 is 2.54 bits per heavy atom. The van der Waals surface area contributed by atoms with Crippen LogP contribution in [-0.4, -0.2) is 67.9 Å². The van der Waals surface area contributed by atoms with E-state index in [9.17, 15) is 14.9 Å². The number of nitriles is 1. The van der Waals surface area contributed by atoms with Crippen LogP contribution in [0.5, 0.6) is 0 Å². The van der Waals surface area contributed by atoms with Gasteiger partial charge in [0.15, 0.2) is 6.10 Å². The third-order valence-corrected chi connectivity index (χ3v) is 6.13. The van der Waals surface area contributed by atoms with E-state index in [1.165, 1.54) is 19.3 Å². The molecule has 3 aliphatic rings. The second-order valence-corrected chi connectivity index (χ2v) is 8.14. The molecule has 1 saturated carbocycles. The molecule has 1 atom stereocenters. The fraction of sp³-hybridized carbons (Fsp3) is 0.850. The summed E-state index contributed by atoms with van der Waals surface area (Å²) in [5.74, 6) is 0.265. The molecule has 2 N–H and O–H groups in total. The average Bonchev–Trinajstić information content (AvgIpc) is 2.74. The molecule has 3 rings (SSSR count). The first-order chi connectivity index (χ1) is 13.6. The Morgan fingerprint density at radius 1 is 1.21 bits per heavy atom. The zero-order valence-electron chi connectivity index (χ0n) is 16.6. The van der Waals surface area contributed by atoms with Crippen LogP contribution in [0.2, 0.25) is 0 Å². The first-order valence-corrected chi connectivity index (χ1v) is 10.6. The highest BCUT2D eigenvalue weighted by Crippen LogP contribution is 2.29. The SMILES string of the molecule is N#CC1(NC(=O)OC(CC2CCCCC2)C(=O)N2CCOCC2)CCNCC1. The van der Waals surface area contributed by atoms with Gasteiger partial charge in [-0.15, -0.1) is 0 Å². The third kappa shape index (κ3) is 5.58. The highest BCUT2D eigenvalue weighted by atomic mass is 16.6. The molecule has 1 aliphatic carbocycles. The van der Waals surface area contributed by atoms with E-state index < -0.39 is 17.7 Å². The number of carbonyl (C=O) groups excluding carboxylic acids is 2. The van der Waals surface area contributed by atoms with Crippen LogP contribution < -0.4 is 10.6 Å². The molecule has 2 amide bonds. The molecule has 0 aromatic heterocycles. The van der Waals surface area contributed by atoms with E-state index in [1.807, 2.05) is 0 Å². The lowest BCUT2D eigenvalue weighted by molar-refractivity contribution is -0.145. The Hall–Kier alpha value is -1.85.